The molecule has 0 saturated carbocycles. The van der Waals surface area contributed by atoms with Gasteiger partial charge in [0.15, 0.2) is 0 Å². The monoisotopic (exact) mass is 311 g/mol. The first-order valence-corrected chi connectivity index (χ1v) is 7.80. The zero-order valence-electron chi connectivity index (χ0n) is 13.3. The Morgan fingerprint density at radius 3 is 2.57 bits per heavy atom. The summed E-state index contributed by atoms with van der Waals surface area (Å²) in [6, 6.07) is 11.7. The van der Waals surface area contributed by atoms with Crippen molar-refractivity contribution >= 4 is 11.6 Å². The Hall–Kier alpha value is -2.40. The first-order chi connectivity index (χ1) is 11.3. The molecule has 1 amide bonds. The number of benzene rings is 1. The second-order valence-corrected chi connectivity index (χ2v) is 5.62. The van der Waals surface area contributed by atoms with Crippen molar-refractivity contribution in [3.8, 4) is 0 Å². The van der Waals surface area contributed by atoms with E-state index in [2.05, 4.69) is 9.88 Å². The number of hydrogen-bond acceptors (Lipinski definition) is 4. The van der Waals surface area contributed by atoms with Gasteiger partial charge in [0.2, 0.25) is 0 Å². The fourth-order valence-electron chi connectivity index (χ4n) is 2.87. The lowest BCUT2D eigenvalue weighted by Crippen LogP contribution is -2.48. The molecule has 1 aromatic heterocycles. The minimum absolute atomic E-state index is 0.0948. The zero-order valence-corrected chi connectivity index (χ0v) is 13.3. The summed E-state index contributed by atoms with van der Waals surface area (Å²) >= 11 is 0. The van der Waals surface area contributed by atoms with E-state index in [0.717, 1.165) is 43.0 Å². The Bertz CT molecular complexity index is 652. The van der Waals surface area contributed by atoms with Crippen molar-refractivity contribution in [2.45, 2.75) is 6.61 Å². The van der Waals surface area contributed by atoms with Gasteiger partial charge in [0.25, 0.3) is 5.91 Å². The normalized spacial score (nSPS) is 14.8. The van der Waals surface area contributed by atoms with Gasteiger partial charge in [-0.1, -0.05) is 12.1 Å². The summed E-state index contributed by atoms with van der Waals surface area (Å²) in [5.41, 5.74) is 2.92. The fourth-order valence-corrected chi connectivity index (χ4v) is 2.87. The molecule has 0 radical (unpaired) electrons. The van der Waals surface area contributed by atoms with Crippen LogP contribution in [-0.2, 0) is 11.3 Å². The van der Waals surface area contributed by atoms with Crippen LogP contribution in [0, 0.1) is 0 Å². The molecule has 1 aliphatic rings. The predicted octanol–water partition coefficient (Wildman–Crippen LogP) is 2.19. The molecule has 1 aliphatic heterocycles. The van der Waals surface area contributed by atoms with Gasteiger partial charge in [0.05, 0.1) is 6.61 Å². The van der Waals surface area contributed by atoms with Crippen molar-refractivity contribution in [3.05, 3.63) is 59.9 Å². The standard InChI is InChI=1S/C18H21N3O2/c1-23-14-15-3-2-4-16(13-15)18(22)21-11-9-20(10-12-21)17-5-7-19-8-6-17/h2-8,13H,9-12,14H2,1H3. The second kappa shape index (κ2) is 7.24. The van der Waals surface area contributed by atoms with E-state index in [1.54, 1.807) is 19.5 Å². The van der Waals surface area contributed by atoms with Crippen molar-refractivity contribution in [1.29, 1.82) is 0 Å². The Morgan fingerprint density at radius 1 is 1.13 bits per heavy atom. The maximum absolute atomic E-state index is 12.7. The molecule has 0 N–H and O–H groups in total. The van der Waals surface area contributed by atoms with E-state index in [1.807, 2.05) is 41.3 Å². The number of nitrogens with zero attached hydrogens (tertiary/aromatic N) is 3. The maximum atomic E-state index is 12.7. The second-order valence-electron chi connectivity index (χ2n) is 5.62. The molecule has 0 aliphatic carbocycles. The molecule has 5 heteroatoms. The summed E-state index contributed by atoms with van der Waals surface area (Å²) in [5, 5.41) is 0. The van der Waals surface area contributed by atoms with E-state index in [0.29, 0.717) is 6.61 Å². The summed E-state index contributed by atoms with van der Waals surface area (Å²) in [6.07, 6.45) is 3.60. The number of aromatic nitrogens is 1. The highest BCUT2D eigenvalue weighted by molar-refractivity contribution is 5.94. The van der Waals surface area contributed by atoms with Gasteiger partial charge in [-0.05, 0) is 29.8 Å². The fraction of sp³-hybridized carbons (Fsp3) is 0.333. The molecule has 1 aromatic carbocycles. The first-order valence-electron chi connectivity index (χ1n) is 7.80. The molecule has 3 rings (SSSR count). The van der Waals surface area contributed by atoms with E-state index in [4.69, 9.17) is 4.74 Å². The molecule has 1 saturated heterocycles. The first kappa shape index (κ1) is 15.5. The number of carbonyl (C=O) groups is 1. The lowest BCUT2D eigenvalue weighted by Gasteiger charge is -2.36. The Balaban J connectivity index is 1.63. The van der Waals surface area contributed by atoms with Gasteiger partial charge in [0, 0.05) is 56.9 Å². The number of hydrogen-bond donors (Lipinski definition) is 0. The Kier molecular flexibility index (Phi) is 4.88. The van der Waals surface area contributed by atoms with Crippen molar-refractivity contribution in [2.24, 2.45) is 0 Å². The number of carbonyl (C=O) groups excluding carboxylic acids is 1. The van der Waals surface area contributed by atoms with E-state index in [9.17, 15) is 4.79 Å². The van der Waals surface area contributed by atoms with Crippen molar-refractivity contribution in [2.75, 3.05) is 38.2 Å². The van der Waals surface area contributed by atoms with Crippen LogP contribution in [0.2, 0.25) is 0 Å². The van der Waals surface area contributed by atoms with Crippen LogP contribution in [-0.4, -0.2) is 49.1 Å². The number of pyridine rings is 1. The highest BCUT2D eigenvalue weighted by Gasteiger charge is 2.22. The third kappa shape index (κ3) is 3.68. The molecule has 2 heterocycles. The molecule has 0 unspecified atom stereocenters. The molecular weight excluding hydrogens is 290 g/mol. The minimum atomic E-state index is 0.0948. The maximum Gasteiger partial charge on any atom is 0.253 e. The Morgan fingerprint density at radius 2 is 1.87 bits per heavy atom. The highest BCUT2D eigenvalue weighted by atomic mass is 16.5. The van der Waals surface area contributed by atoms with Crippen LogP contribution in [0.1, 0.15) is 15.9 Å². The summed E-state index contributed by atoms with van der Waals surface area (Å²) in [4.78, 5) is 20.9. The van der Waals surface area contributed by atoms with Crippen LogP contribution >= 0.6 is 0 Å². The molecule has 0 atom stereocenters. The number of methoxy groups -OCH3 is 1. The molecular formula is C18H21N3O2. The smallest absolute Gasteiger partial charge is 0.253 e. The largest absolute Gasteiger partial charge is 0.380 e. The number of anilines is 1. The van der Waals surface area contributed by atoms with Gasteiger partial charge in [-0.25, -0.2) is 0 Å². The third-order valence-corrected chi connectivity index (χ3v) is 4.08. The SMILES string of the molecule is COCc1cccc(C(=O)N2CCN(c3ccncc3)CC2)c1. The number of rotatable bonds is 4. The van der Waals surface area contributed by atoms with Crippen LogP contribution in [0.3, 0.4) is 0 Å². The molecule has 23 heavy (non-hydrogen) atoms. The van der Waals surface area contributed by atoms with Crippen molar-refractivity contribution in [3.63, 3.8) is 0 Å². The number of ether oxygens (including phenoxy) is 1. The summed E-state index contributed by atoms with van der Waals surface area (Å²) in [5.74, 6) is 0.0948. The average Bonchev–Trinajstić information content (AvgIpc) is 2.62. The van der Waals surface area contributed by atoms with Crippen LogP contribution in [0.15, 0.2) is 48.8 Å². The molecule has 1 fully saturated rings. The van der Waals surface area contributed by atoms with Crippen LogP contribution < -0.4 is 4.90 Å². The van der Waals surface area contributed by atoms with Crippen LogP contribution in [0.25, 0.3) is 0 Å². The molecule has 0 bridgehead atoms. The van der Waals surface area contributed by atoms with Crippen molar-refractivity contribution in [1.82, 2.24) is 9.88 Å². The number of amides is 1. The highest BCUT2D eigenvalue weighted by Crippen LogP contribution is 2.16. The topological polar surface area (TPSA) is 45.7 Å². The van der Waals surface area contributed by atoms with Gasteiger partial charge < -0.3 is 14.5 Å². The van der Waals surface area contributed by atoms with Gasteiger partial charge in [-0.2, -0.15) is 0 Å². The van der Waals surface area contributed by atoms with Crippen LogP contribution in [0.4, 0.5) is 5.69 Å². The quantitative estimate of drug-likeness (QED) is 0.868. The summed E-state index contributed by atoms with van der Waals surface area (Å²) in [7, 11) is 1.66. The molecule has 5 nitrogen and oxygen atoms in total. The van der Waals surface area contributed by atoms with Gasteiger partial charge in [0.1, 0.15) is 0 Å². The van der Waals surface area contributed by atoms with E-state index >= 15 is 0 Å². The van der Waals surface area contributed by atoms with E-state index in [1.165, 1.54) is 0 Å². The zero-order chi connectivity index (χ0) is 16.1. The predicted molar refractivity (Wildman–Crippen MR) is 89.5 cm³/mol. The van der Waals surface area contributed by atoms with Gasteiger partial charge in [-0.15, -0.1) is 0 Å². The van der Waals surface area contributed by atoms with E-state index < -0.39 is 0 Å². The summed E-state index contributed by atoms with van der Waals surface area (Å²) < 4.78 is 5.13. The van der Waals surface area contributed by atoms with Gasteiger partial charge in [-0.3, -0.25) is 9.78 Å². The lowest BCUT2D eigenvalue weighted by atomic mass is 10.1. The van der Waals surface area contributed by atoms with Crippen molar-refractivity contribution < 1.29 is 9.53 Å². The van der Waals surface area contributed by atoms with Gasteiger partial charge >= 0.3 is 0 Å². The van der Waals surface area contributed by atoms with E-state index in [-0.39, 0.29) is 5.91 Å². The average molecular weight is 311 g/mol. The third-order valence-electron chi connectivity index (χ3n) is 4.08. The molecule has 2 aromatic rings. The Labute approximate surface area is 136 Å². The lowest BCUT2D eigenvalue weighted by molar-refractivity contribution is 0.0746. The summed E-state index contributed by atoms with van der Waals surface area (Å²) in [6.45, 7) is 3.67. The van der Waals surface area contributed by atoms with Crippen LogP contribution in [0.5, 0.6) is 0 Å². The molecule has 0 spiro atoms. The minimum Gasteiger partial charge on any atom is -0.380 e. The number of piperazine rings is 1. The molecule has 120 valence electrons.